The Morgan fingerprint density at radius 3 is 2.35 bits per heavy atom. The number of thioether (sulfide) groups is 1. The zero-order chi connectivity index (χ0) is 15.1. The molecule has 0 atom stereocenters. The highest BCUT2D eigenvalue weighted by atomic mass is 32.2. The molecule has 0 fully saturated rings. The molecule has 0 heterocycles. The molecular weight excluding hydrogens is 272 g/mol. The molecule has 1 aromatic rings. The van der Waals surface area contributed by atoms with E-state index in [0.717, 1.165) is 5.75 Å². The van der Waals surface area contributed by atoms with E-state index in [9.17, 15) is 9.59 Å². The average Bonchev–Trinajstić information content (AvgIpc) is 2.38. The monoisotopic (exact) mass is 294 g/mol. The minimum Gasteiger partial charge on any atom is -0.352 e. The van der Waals surface area contributed by atoms with Crippen LogP contribution in [0.4, 0.5) is 0 Å². The number of hydrogen-bond acceptors (Lipinski definition) is 3. The fraction of sp³-hybridized carbons (Fsp3) is 0.467. The van der Waals surface area contributed by atoms with Crippen molar-refractivity contribution in [3.05, 3.63) is 35.4 Å². The van der Waals surface area contributed by atoms with E-state index in [1.165, 1.54) is 10.5 Å². The molecule has 0 aliphatic heterocycles. The number of carbonyl (C=O) groups excluding carboxylic acids is 2. The molecule has 1 aromatic carbocycles. The van der Waals surface area contributed by atoms with Crippen LogP contribution in [0.25, 0.3) is 0 Å². The van der Waals surface area contributed by atoms with Crippen LogP contribution < -0.4 is 5.32 Å². The summed E-state index contributed by atoms with van der Waals surface area (Å²) in [5.74, 6) is 0.649. The van der Waals surface area contributed by atoms with Crippen molar-refractivity contribution in [1.29, 1.82) is 0 Å². The molecule has 2 amide bonds. The van der Waals surface area contributed by atoms with Crippen LogP contribution in [0.15, 0.2) is 24.3 Å². The minimum atomic E-state index is -0.144. The summed E-state index contributed by atoms with van der Waals surface area (Å²) in [4.78, 5) is 25.2. The molecule has 0 saturated heterocycles. The van der Waals surface area contributed by atoms with Gasteiger partial charge < -0.3 is 10.2 Å². The second-order valence-corrected chi connectivity index (χ2v) is 5.88. The fourth-order valence-electron chi connectivity index (χ4n) is 1.79. The Hall–Kier alpha value is -1.49. The predicted molar refractivity (Wildman–Crippen MR) is 83.9 cm³/mol. The summed E-state index contributed by atoms with van der Waals surface area (Å²) in [6.07, 6.45) is 2.04. The lowest BCUT2D eigenvalue weighted by Crippen LogP contribution is -2.40. The number of hydrogen-bond donors (Lipinski definition) is 1. The molecule has 1 N–H and O–H groups in total. The van der Waals surface area contributed by atoms with Crippen LogP contribution in [-0.2, 0) is 10.5 Å². The highest BCUT2D eigenvalue weighted by Gasteiger charge is 2.15. The highest BCUT2D eigenvalue weighted by Crippen LogP contribution is 2.11. The molecule has 0 aromatic heterocycles. The summed E-state index contributed by atoms with van der Waals surface area (Å²) in [6.45, 7) is 3.86. The van der Waals surface area contributed by atoms with E-state index in [0.29, 0.717) is 5.56 Å². The van der Waals surface area contributed by atoms with Crippen LogP contribution in [0.3, 0.4) is 0 Å². The molecule has 0 aliphatic carbocycles. The lowest BCUT2D eigenvalue weighted by molar-refractivity contribution is -0.122. The lowest BCUT2D eigenvalue weighted by Gasteiger charge is -2.18. The number of carbonyl (C=O) groups is 2. The Labute approximate surface area is 124 Å². The third kappa shape index (κ3) is 5.25. The number of likely N-dealkylation sites (N-methyl/N-ethyl adjacent to an activating group) is 1. The largest absolute Gasteiger partial charge is 0.352 e. The van der Waals surface area contributed by atoms with Gasteiger partial charge in [0.15, 0.2) is 0 Å². The number of nitrogens with one attached hydrogen (secondary N) is 1. The Morgan fingerprint density at radius 2 is 1.85 bits per heavy atom. The van der Waals surface area contributed by atoms with E-state index >= 15 is 0 Å². The smallest absolute Gasteiger partial charge is 0.254 e. The second kappa shape index (κ2) is 7.94. The second-order valence-electron chi connectivity index (χ2n) is 5.01. The summed E-state index contributed by atoms with van der Waals surface area (Å²) < 4.78 is 0. The van der Waals surface area contributed by atoms with Gasteiger partial charge in [-0.25, -0.2) is 0 Å². The van der Waals surface area contributed by atoms with E-state index in [4.69, 9.17) is 0 Å². The van der Waals surface area contributed by atoms with Crippen LogP contribution in [0.2, 0.25) is 0 Å². The average molecular weight is 294 g/mol. The quantitative estimate of drug-likeness (QED) is 0.874. The van der Waals surface area contributed by atoms with Gasteiger partial charge in [-0.15, -0.1) is 0 Å². The van der Waals surface area contributed by atoms with E-state index in [-0.39, 0.29) is 24.4 Å². The normalized spacial score (nSPS) is 10.4. The Morgan fingerprint density at radius 1 is 1.25 bits per heavy atom. The molecule has 110 valence electrons. The van der Waals surface area contributed by atoms with Crippen molar-refractivity contribution < 1.29 is 9.59 Å². The Kier molecular flexibility index (Phi) is 6.58. The van der Waals surface area contributed by atoms with Crippen LogP contribution >= 0.6 is 11.8 Å². The maximum absolute atomic E-state index is 12.2. The Bertz CT molecular complexity index is 457. The number of rotatable bonds is 6. The van der Waals surface area contributed by atoms with Gasteiger partial charge in [0, 0.05) is 24.4 Å². The fourth-order valence-corrected chi connectivity index (χ4v) is 2.31. The molecule has 1 rings (SSSR count). The van der Waals surface area contributed by atoms with Crippen LogP contribution in [0.1, 0.15) is 29.8 Å². The molecule has 0 bridgehead atoms. The molecule has 0 aliphatic rings. The molecule has 0 radical (unpaired) electrons. The maximum Gasteiger partial charge on any atom is 0.254 e. The van der Waals surface area contributed by atoms with Gasteiger partial charge >= 0.3 is 0 Å². The summed E-state index contributed by atoms with van der Waals surface area (Å²) in [6, 6.07) is 7.60. The van der Waals surface area contributed by atoms with Gasteiger partial charge in [-0.2, -0.15) is 11.8 Å². The summed E-state index contributed by atoms with van der Waals surface area (Å²) in [5, 5.41) is 2.77. The van der Waals surface area contributed by atoms with Crippen molar-refractivity contribution in [2.45, 2.75) is 25.6 Å². The van der Waals surface area contributed by atoms with Crippen molar-refractivity contribution in [3.63, 3.8) is 0 Å². The zero-order valence-corrected chi connectivity index (χ0v) is 13.3. The first-order chi connectivity index (χ1) is 9.43. The van der Waals surface area contributed by atoms with Crippen LogP contribution in [0, 0.1) is 0 Å². The van der Waals surface area contributed by atoms with Crippen LogP contribution in [0.5, 0.6) is 0 Å². The SMILES string of the molecule is CSCc1ccc(C(=O)N(C)CC(=O)NC(C)C)cc1. The zero-order valence-electron chi connectivity index (χ0n) is 12.5. The molecule has 4 nitrogen and oxygen atoms in total. The number of nitrogens with zero attached hydrogens (tertiary/aromatic N) is 1. The van der Waals surface area contributed by atoms with E-state index < -0.39 is 0 Å². The first-order valence-electron chi connectivity index (χ1n) is 6.56. The summed E-state index contributed by atoms with van der Waals surface area (Å²) in [5.41, 5.74) is 1.80. The van der Waals surface area contributed by atoms with E-state index in [2.05, 4.69) is 5.32 Å². The lowest BCUT2D eigenvalue weighted by atomic mass is 10.1. The Balaban J connectivity index is 2.62. The molecular formula is C15H22N2O2S. The molecule has 5 heteroatoms. The highest BCUT2D eigenvalue weighted by molar-refractivity contribution is 7.97. The van der Waals surface area contributed by atoms with Gasteiger partial charge in [0.25, 0.3) is 5.91 Å². The van der Waals surface area contributed by atoms with Gasteiger partial charge in [0.1, 0.15) is 0 Å². The van der Waals surface area contributed by atoms with Crippen molar-refractivity contribution >= 4 is 23.6 Å². The first kappa shape index (κ1) is 16.6. The maximum atomic E-state index is 12.2. The van der Waals surface area contributed by atoms with Crippen molar-refractivity contribution in [2.24, 2.45) is 0 Å². The molecule has 0 unspecified atom stereocenters. The predicted octanol–water partition coefficient (Wildman–Crippen LogP) is 2.15. The summed E-state index contributed by atoms with van der Waals surface area (Å²) >= 11 is 1.74. The topological polar surface area (TPSA) is 49.4 Å². The minimum absolute atomic E-state index is 0.0730. The number of benzene rings is 1. The standard InChI is InChI=1S/C15H22N2O2S/c1-11(2)16-14(18)9-17(3)15(19)13-7-5-12(6-8-13)10-20-4/h5-8,11H,9-10H2,1-4H3,(H,16,18). The van der Waals surface area contributed by atoms with Gasteiger partial charge in [-0.1, -0.05) is 12.1 Å². The van der Waals surface area contributed by atoms with Gasteiger partial charge in [0.05, 0.1) is 6.54 Å². The van der Waals surface area contributed by atoms with Crippen molar-refractivity contribution in [1.82, 2.24) is 10.2 Å². The van der Waals surface area contributed by atoms with Gasteiger partial charge in [0.2, 0.25) is 5.91 Å². The van der Waals surface area contributed by atoms with Crippen LogP contribution in [-0.4, -0.2) is 42.6 Å². The third-order valence-corrected chi connectivity index (χ3v) is 3.31. The molecule has 20 heavy (non-hydrogen) atoms. The van der Waals surface area contributed by atoms with Gasteiger partial charge in [-0.05, 0) is 37.8 Å². The first-order valence-corrected chi connectivity index (χ1v) is 7.96. The summed E-state index contributed by atoms with van der Waals surface area (Å²) in [7, 11) is 1.64. The molecule has 0 spiro atoms. The van der Waals surface area contributed by atoms with E-state index in [1.807, 2.05) is 44.4 Å². The van der Waals surface area contributed by atoms with Crippen molar-refractivity contribution in [3.8, 4) is 0 Å². The third-order valence-electron chi connectivity index (χ3n) is 2.69. The molecule has 0 saturated carbocycles. The van der Waals surface area contributed by atoms with Gasteiger partial charge in [-0.3, -0.25) is 9.59 Å². The number of amides is 2. The van der Waals surface area contributed by atoms with Crippen molar-refractivity contribution in [2.75, 3.05) is 19.8 Å². The van der Waals surface area contributed by atoms with E-state index in [1.54, 1.807) is 18.8 Å².